The highest BCUT2D eigenvalue weighted by molar-refractivity contribution is 5.81. The molecule has 1 atom stereocenters. The summed E-state index contributed by atoms with van der Waals surface area (Å²) in [5.41, 5.74) is -1.72. The lowest BCUT2D eigenvalue weighted by Crippen LogP contribution is -2.30. The zero-order chi connectivity index (χ0) is 8.36. The topological polar surface area (TPSA) is 40.9 Å². The minimum atomic E-state index is -1.72. The second-order valence-electron chi connectivity index (χ2n) is 2.74. The van der Waals surface area contributed by atoms with Gasteiger partial charge in [-0.05, 0) is 20.8 Å². The molecule has 10 heavy (non-hydrogen) atoms. The third-order valence-electron chi connectivity index (χ3n) is 1.22. The first-order valence-electron chi connectivity index (χ1n) is 2.98. The highest BCUT2D eigenvalue weighted by Gasteiger charge is 2.32. The summed E-state index contributed by atoms with van der Waals surface area (Å²) in [5, 5.41) is 8.32. The lowest BCUT2D eigenvalue weighted by Gasteiger charge is -2.17. The molecule has 0 heterocycles. The SMILES string of the molecule is CC(=O)C(C#N)C(C)(C)F. The fourth-order valence-corrected chi connectivity index (χ4v) is 0.728. The Bertz CT molecular complexity index is 175. The average molecular weight is 143 g/mol. The summed E-state index contributed by atoms with van der Waals surface area (Å²) in [6.45, 7) is 3.67. The second kappa shape index (κ2) is 2.78. The summed E-state index contributed by atoms with van der Waals surface area (Å²) in [7, 11) is 0. The Kier molecular flexibility index (Phi) is 2.53. The van der Waals surface area contributed by atoms with Gasteiger partial charge in [-0.25, -0.2) is 4.39 Å². The Morgan fingerprint density at radius 3 is 2.10 bits per heavy atom. The lowest BCUT2D eigenvalue weighted by atomic mass is 9.91. The number of hydrogen-bond donors (Lipinski definition) is 0. The number of alkyl halides is 1. The van der Waals surface area contributed by atoms with Crippen LogP contribution in [0.5, 0.6) is 0 Å². The summed E-state index contributed by atoms with van der Waals surface area (Å²) in [4.78, 5) is 10.6. The van der Waals surface area contributed by atoms with Gasteiger partial charge in [0.05, 0.1) is 6.07 Å². The van der Waals surface area contributed by atoms with E-state index in [0.29, 0.717) is 0 Å². The van der Waals surface area contributed by atoms with Crippen molar-refractivity contribution in [2.45, 2.75) is 26.4 Å². The van der Waals surface area contributed by atoms with Crippen LogP contribution in [0.25, 0.3) is 0 Å². The van der Waals surface area contributed by atoms with Crippen LogP contribution in [0.4, 0.5) is 4.39 Å². The molecule has 0 radical (unpaired) electrons. The third-order valence-corrected chi connectivity index (χ3v) is 1.22. The van der Waals surface area contributed by atoms with E-state index in [0.717, 1.165) is 0 Å². The number of halogens is 1. The number of carbonyl (C=O) groups excluding carboxylic acids is 1. The second-order valence-corrected chi connectivity index (χ2v) is 2.74. The Morgan fingerprint density at radius 2 is 2.10 bits per heavy atom. The molecule has 56 valence electrons. The van der Waals surface area contributed by atoms with Crippen LogP contribution in [0.15, 0.2) is 0 Å². The van der Waals surface area contributed by atoms with Crippen molar-refractivity contribution in [2.24, 2.45) is 5.92 Å². The number of rotatable bonds is 2. The van der Waals surface area contributed by atoms with Gasteiger partial charge in [-0.15, -0.1) is 0 Å². The fraction of sp³-hybridized carbons (Fsp3) is 0.714. The van der Waals surface area contributed by atoms with Crippen molar-refractivity contribution in [3.05, 3.63) is 0 Å². The van der Waals surface area contributed by atoms with E-state index in [4.69, 9.17) is 5.26 Å². The minimum absolute atomic E-state index is 0.421. The molecule has 0 spiro atoms. The number of ketones is 1. The van der Waals surface area contributed by atoms with E-state index < -0.39 is 17.4 Å². The molecule has 0 bridgehead atoms. The van der Waals surface area contributed by atoms with Gasteiger partial charge in [0, 0.05) is 0 Å². The van der Waals surface area contributed by atoms with Gasteiger partial charge in [0.25, 0.3) is 0 Å². The minimum Gasteiger partial charge on any atom is -0.298 e. The van der Waals surface area contributed by atoms with E-state index in [2.05, 4.69) is 0 Å². The van der Waals surface area contributed by atoms with Crippen LogP contribution in [0.3, 0.4) is 0 Å². The number of nitrogens with zero attached hydrogens (tertiary/aromatic N) is 1. The highest BCUT2D eigenvalue weighted by atomic mass is 19.1. The smallest absolute Gasteiger partial charge is 0.150 e. The molecule has 0 aromatic rings. The molecule has 0 fully saturated rings. The average Bonchev–Trinajstić information content (AvgIpc) is 1.60. The van der Waals surface area contributed by atoms with E-state index in [9.17, 15) is 9.18 Å². The van der Waals surface area contributed by atoms with Gasteiger partial charge in [-0.1, -0.05) is 0 Å². The largest absolute Gasteiger partial charge is 0.298 e. The zero-order valence-corrected chi connectivity index (χ0v) is 6.31. The van der Waals surface area contributed by atoms with Crippen molar-refractivity contribution in [3.8, 4) is 6.07 Å². The number of hydrogen-bond acceptors (Lipinski definition) is 2. The van der Waals surface area contributed by atoms with E-state index in [1.54, 1.807) is 6.07 Å². The van der Waals surface area contributed by atoms with Gasteiger partial charge in [0.1, 0.15) is 17.4 Å². The van der Waals surface area contributed by atoms with Gasteiger partial charge in [-0.3, -0.25) is 4.79 Å². The van der Waals surface area contributed by atoms with Crippen molar-refractivity contribution < 1.29 is 9.18 Å². The number of nitriles is 1. The first-order valence-corrected chi connectivity index (χ1v) is 2.98. The van der Waals surface area contributed by atoms with Gasteiger partial charge in [0.15, 0.2) is 0 Å². The maximum Gasteiger partial charge on any atom is 0.150 e. The van der Waals surface area contributed by atoms with Crippen molar-refractivity contribution >= 4 is 5.78 Å². The van der Waals surface area contributed by atoms with E-state index in [1.807, 2.05) is 0 Å². The molecule has 0 rings (SSSR count). The molecule has 0 aliphatic heterocycles. The molecule has 0 saturated heterocycles. The molecule has 1 unspecified atom stereocenters. The predicted molar refractivity (Wildman–Crippen MR) is 35.0 cm³/mol. The first-order chi connectivity index (χ1) is 4.39. The van der Waals surface area contributed by atoms with Crippen LogP contribution in [-0.2, 0) is 4.79 Å². The molecular formula is C7H10FNO. The molecule has 0 amide bonds. The van der Waals surface area contributed by atoms with Crippen LogP contribution in [0.2, 0.25) is 0 Å². The molecule has 2 nitrogen and oxygen atoms in total. The van der Waals surface area contributed by atoms with Crippen molar-refractivity contribution in [2.75, 3.05) is 0 Å². The quantitative estimate of drug-likeness (QED) is 0.587. The summed E-state index contributed by atoms with van der Waals surface area (Å²) in [6, 6.07) is 1.62. The summed E-state index contributed by atoms with van der Waals surface area (Å²) >= 11 is 0. The van der Waals surface area contributed by atoms with Crippen LogP contribution in [0.1, 0.15) is 20.8 Å². The first kappa shape index (κ1) is 9.09. The van der Waals surface area contributed by atoms with E-state index >= 15 is 0 Å². The number of Topliss-reactive ketones (excluding diaryl/α,β-unsaturated/α-hetero) is 1. The number of carbonyl (C=O) groups is 1. The molecule has 0 aromatic heterocycles. The van der Waals surface area contributed by atoms with E-state index in [-0.39, 0.29) is 0 Å². The Hall–Kier alpha value is -0.910. The van der Waals surface area contributed by atoms with Crippen molar-refractivity contribution in [3.63, 3.8) is 0 Å². The summed E-state index contributed by atoms with van der Waals surface area (Å²) < 4.78 is 12.9. The Balaban J connectivity index is 4.42. The van der Waals surface area contributed by atoms with Crippen molar-refractivity contribution in [1.29, 1.82) is 5.26 Å². The molecule has 3 heteroatoms. The van der Waals surface area contributed by atoms with Gasteiger partial charge in [-0.2, -0.15) is 5.26 Å². The molecule has 0 aliphatic carbocycles. The van der Waals surface area contributed by atoms with Crippen molar-refractivity contribution in [1.82, 2.24) is 0 Å². The molecule has 0 aliphatic rings. The zero-order valence-electron chi connectivity index (χ0n) is 6.31. The molecule has 0 saturated carbocycles. The molecule has 0 N–H and O–H groups in total. The molecule has 0 aromatic carbocycles. The van der Waals surface area contributed by atoms with Gasteiger partial charge >= 0.3 is 0 Å². The van der Waals surface area contributed by atoms with Gasteiger partial charge in [0.2, 0.25) is 0 Å². The monoisotopic (exact) mass is 143 g/mol. The Morgan fingerprint density at radius 1 is 1.70 bits per heavy atom. The van der Waals surface area contributed by atoms with Crippen LogP contribution in [0, 0.1) is 17.2 Å². The normalized spacial score (nSPS) is 13.9. The highest BCUT2D eigenvalue weighted by Crippen LogP contribution is 2.20. The maximum absolute atomic E-state index is 12.9. The third kappa shape index (κ3) is 2.14. The summed E-state index contributed by atoms with van der Waals surface area (Å²) in [6.07, 6.45) is 0. The van der Waals surface area contributed by atoms with Crippen LogP contribution in [-0.4, -0.2) is 11.5 Å². The van der Waals surface area contributed by atoms with Crippen LogP contribution >= 0.6 is 0 Å². The predicted octanol–water partition coefficient (Wildman–Crippen LogP) is 1.46. The van der Waals surface area contributed by atoms with E-state index in [1.165, 1.54) is 20.8 Å². The van der Waals surface area contributed by atoms with Gasteiger partial charge < -0.3 is 0 Å². The Labute approximate surface area is 59.6 Å². The fourth-order valence-electron chi connectivity index (χ4n) is 0.728. The summed E-state index contributed by atoms with van der Waals surface area (Å²) in [5.74, 6) is -1.55. The lowest BCUT2D eigenvalue weighted by molar-refractivity contribution is -0.122. The molecular weight excluding hydrogens is 133 g/mol. The van der Waals surface area contributed by atoms with Crippen LogP contribution < -0.4 is 0 Å². The standard InChI is InChI=1S/C7H10FNO/c1-5(10)6(4-9)7(2,3)8/h6H,1-3H3. The maximum atomic E-state index is 12.9.